The van der Waals surface area contributed by atoms with Crippen molar-refractivity contribution in [1.82, 2.24) is 9.78 Å². The number of anilines is 2. The highest BCUT2D eigenvalue weighted by molar-refractivity contribution is 6.32. The topological polar surface area (TPSA) is 59.4 Å². The molecule has 2 aliphatic heterocycles. The van der Waals surface area contributed by atoms with Crippen molar-refractivity contribution in [3.8, 4) is 0 Å². The second-order valence-corrected chi connectivity index (χ2v) is 10.4. The van der Waals surface area contributed by atoms with E-state index in [2.05, 4.69) is 46.5 Å². The number of halogens is 1. The van der Waals surface area contributed by atoms with Crippen LogP contribution in [0.25, 0.3) is 0 Å². The highest BCUT2D eigenvalue weighted by Gasteiger charge is 2.33. The first-order valence-electron chi connectivity index (χ1n) is 12.6. The third-order valence-corrected chi connectivity index (χ3v) is 8.13. The molecule has 0 amide bonds. The second kappa shape index (κ2) is 10.1. The van der Waals surface area contributed by atoms with E-state index in [-0.39, 0.29) is 16.6 Å². The first-order chi connectivity index (χ1) is 16.1. The van der Waals surface area contributed by atoms with Gasteiger partial charge in [-0.1, -0.05) is 29.8 Å². The molecule has 1 N–H and O–H groups in total. The molecule has 0 spiro atoms. The summed E-state index contributed by atoms with van der Waals surface area (Å²) in [5.74, 6) is 0.454. The number of nitrogens with one attached hydrogen (secondary N) is 1. The van der Waals surface area contributed by atoms with Crippen LogP contribution in [-0.2, 0) is 11.2 Å². The Kier molecular flexibility index (Phi) is 6.93. The fraction of sp³-hybridized carbons (Fsp3) is 0.615. The molecule has 0 radical (unpaired) electrons. The number of rotatable bonds is 5. The van der Waals surface area contributed by atoms with Crippen LogP contribution in [0.2, 0.25) is 5.02 Å². The summed E-state index contributed by atoms with van der Waals surface area (Å²) < 4.78 is 7.17. The summed E-state index contributed by atoms with van der Waals surface area (Å²) in [7, 11) is 0. The molecular weight excluding hydrogens is 436 g/mol. The van der Waals surface area contributed by atoms with Crippen molar-refractivity contribution < 1.29 is 4.74 Å². The summed E-state index contributed by atoms with van der Waals surface area (Å²) in [6.07, 6.45) is 10.3. The maximum atomic E-state index is 13.0. The molecule has 3 heterocycles. The number of fused-ring (bicyclic) bond motifs is 1. The largest absolute Gasteiger partial charge is 0.382 e. The van der Waals surface area contributed by atoms with Gasteiger partial charge in [0.05, 0.1) is 24.5 Å². The van der Waals surface area contributed by atoms with Crippen LogP contribution in [0, 0.1) is 5.92 Å². The van der Waals surface area contributed by atoms with E-state index in [0.29, 0.717) is 23.7 Å². The Labute approximate surface area is 201 Å². The number of para-hydroxylation sites is 1. The van der Waals surface area contributed by atoms with Gasteiger partial charge in [-0.25, -0.2) is 4.68 Å². The normalized spacial score (nSPS) is 27.8. The van der Waals surface area contributed by atoms with Gasteiger partial charge in [0.1, 0.15) is 5.02 Å². The molecule has 1 aromatic carbocycles. The number of nitrogens with zero attached hydrogens (tertiary/aromatic N) is 3. The Balaban J connectivity index is 1.24. The molecule has 1 saturated carbocycles. The van der Waals surface area contributed by atoms with Crippen LogP contribution in [0.15, 0.2) is 35.3 Å². The monoisotopic (exact) mass is 470 g/mol. The standard InChI is InChI=1S/C26H35ClN4O2/c1-18-8-9-20-6-2-3-7-24(20)30(18)21-10-12-22(13-11-21)31-26(32)25(27)23(16-29-31)28-15-19-5-4-14-33-17-19/h2-3,6-7,16,18-19,21-22,28H,4-5,8-15,17H2,1H3/t18-,19-,21?,22?/m0/s1. The fourth-order valence-electron chi connectivity index (χ4n) is 5.90. The molecule has 1 saturated heterocycles. The van der Waals surface area contributed by atoms with E-state index in [1.165, 1.54) is 17.7 Å². The van der Waals surface area contributed by atoms with Gasteiger partial charge in [-0.2, -0.15) is 5.10 Å². The first-order valence-corrected chi connectivity index (χ1v) is 12.9. The highest BCUT2D eigenvalue weighted by Crippen LogP contribution is 2.38. The van der Waals surface area contributed by atoms with Crippen LogP contribution in [-0.4, -0.2) is 41.6 Å². The quantitative estimate of drug-likeness (QED) is 0.661. The average Bonchev–Trinajstić information content (AvgIpc) is 2.86. The van der Waals surface area contributed by atoms with Gasteiger partial charge in [0, 0.05) is 30.9 Å². The average molecular weight is 471 g/mol. The van der Waals surface area contributed by atoms with Crippen molar-refractivity contribution in [2.75, 3.05) is 30.0 Å². The molecule has 7 heteroatoms. The Morgan fingerprint density at radius 2 is 1.91 bits per heavy atom. The predicted molar refractivity (Wildman–Crippen MR) is 134 cm³/mol. The lowest BCUT2D eigenvalue weighted by atomic mass is 9.86. The van der Waals surface area contributed by atoms with Gasteiger partial charge in [0.2, 0.25) is 0 Å². The maximum Gasteiger partial charge on any atom is 0.287 e. The summed E-state index contributed by atoms with van der Waals surface area (Å²) >= 11 is 6.49. The molecule has 0 bridgehead atoms. The lowest BCUT2D eigenvalue weighted by molar-refractivity contribution is 0.0595. The van der Waals surface area contributed by atoms with Crippen molar-refractivity contribution >= 4 is 23.0 Å². The predicted octanol–water partition coefficient (Wildman–Crippen LogP) is 5.06. The van der Waals surface area contributed by atoms with E-state index >= 15 is 0 Å². The zero-order valence-corrected chi connectivity index (χ0v) is 20.3. The van der Waals surface area contributed by atoms with Crippen LogP contribution in [0.5, 0.6) is 0 Å². The molecule has 33 heavy (non-hydrogen) atoms. The van der Waals surface area contributed by atoms with E-state index in [1.807, 2.05) is 0 Å². The molecule has 0 unspecified atom stereocenters. The molecule has 2 atom stereocenters. The van der Waals surface area contributed by atoms with E-state index in [0.717, 1.165) is 64.7 Å². The summed E-state index contributed by atoms with van der Waals surface area (Å²) in [4.78, 5) is 15.7. The summed E-state index contributed by atoms with van der Waals surface area (Å²) in [6.45, 7) is 4.71. The summed E-state index contributed by atoms with van der Waals surface area (Å²) in [6, 6.07) is 10.0. The number of benzene rings is 1. The first kappa shape index (κ1) is 22.7. The van der Waals surface area contributed by atoms with Crippen LogP contribution < -0.4 is 15.8 Å². The number of ether oxygens (including phenoxy) is 1. The third kappa shape index (κ3) is 4.78. The number of aryl methyl sites for hydroxylation is 1. The van der Waals surface area contributed by atoms with Gasteiger partial charge in [0.25, 0.3) is 5.56 Å². The number of hydrogen-bond acceptors (Lipinski definition) is 5. The lowest BCUT2D eigenvalue weighted by Crippen LogP contribution is -2.47. The van der Waals surface area contributed by atoms with Crippen molar-refractivity contribution in [3.05, 3.63) is 51.4 Å². The van der Waals surface area contributed by atoms with Crippen LogP contribution in [0.3, 0.4) is 0 Å². The van der Waals surface area contributed by atoms with E-state index < -0.39 is 0 Å². The fourth-order valence-corrected chi connectivity index (χ4v) is 6.11. The highest BCUT2D eigenvalue weighted by atomic mass is 35.5. The van der Waals surface area contributed by atoms with E-state index in [9.17, 15) is 4.79 Å². The molecule has 1 aliphatic carbocycles. The van der Waals surface area contributed by atoms with Crippen LogP contribution in [0.1, 0.15) is 63.5 Å². The van der Waals surface area contributed by atoms with E-state index in [4.69, 9.17) is 16.3 Å². The van der Waals surface area contributed by atoms with Gasteiger partial charge in [0.15, 0.2) is 0 Å². The molecule has 2 fully saturated rings. The Morgan fingerprint density at radius 3 is 2.70 bits per heavy atom. The van der Waals surface area contributed by atoms with Crippen LogP contribution in [0.4, 0.5) is 11.4 Å². The molecule has 3 aliphatic rings. The van der Waals surface area contributed by atoms with Crippen molar-refractivity contribution in [2.45, 2.75) is 76.4 Å². The second-order valence-electron chi connectivity index (χ2n) is 9.97. The van der Waals surface area contributed by atoms with Crippen molar-refractivity contribution in [2.24, 2.45) is 5.92 Å². The minimum absolute atomic E-state index is 0.113. The Morgan fingerprint density at radius 1 is 1.12 bits per heavy atom. The Hall–Kier alpha value is -2.05. The minimum atomic E-state index is -0.179. The smallest absolute Gasteiger partial charge is 0.287 e. The number of aromatic nitrogens is 2. The zero-order chi connectivity index (χ0) is 22.8. The van der Waals surface area contributed by atoms with E-state index in [1.54, 1.807) is 10.9 Å². The van der Waals surface area contributed by atoms with Gasteiger partial charge in [-0.15, -0.1) is 0 Å². The van der Waals surface area contributed by atoms with Crippen molar-refractivity contribution in [3.63, 3.8) is 0 Å². The molecule has 6 nitrogen and oxygen atoms in total. The van der Waals surface area contributed by atoms with Crippen LogP contribution >= 0.6 is 11.6 Å². The summed E-state index contributed by atoms with van der Waals surface area (Å²) in [5, 5.41) is 8.10. The third-order valence-electron chi connectivity index (χ3n) is 7.76. The Bertz CT molecular complexity index is 1010. The lowest BCUT2D eigenvalue weighted by Gasteiger charge is -2.45. The maximum absolute atomic E-state index is 13.0. The molecule has 178 valence electrons. The van der Waals surface area contributed by atoms with Gasteiger partial charge in [-0.3, -0.25) is 4.79 Å². The van der Waals surface area contributed by atoms with Gasteiger partial charge in [-0.05, 0) is 75.8 Å². The van der Waals surface area contributed by atoms with Crippen molar-refractivity contribution in [1.29, 1.82) is 0 Å². The molecular formula is C26H35ClN4O2. The zero-order valence-electron chi connectivity index (χ0n) is 19.5. The summed E-state index contributed by atoms with van der Waals surface area (Å²) in [5.41, 5.74) is 3.32. The van der Waals surface area contributed by atoms with Gasteiger partial charge >= 0.3 is 0 Å². The van der Waals surface area contributed by atoms with Gasteiger partial charge < -0.3 is 15.0 Å². The number of hydrogen-bond donors (Lipinski definition) is 1. The SMILES string of the molecule is C[C@H]1CCc2ccccc2N1C1CCC(n2ncc(NC[C@@H]3CCCOC3)c(Cl)c2=O)CC1. The molecule has 1 aromatic heterocycles. The molecule has 2 aromatic rings. The minimum Gasteiger partial charge on any atom is -0.382 e. The molecule has 5 rings (SSSR count).